The third kappa shape index (κ3) is 4.05. The van der Waals surface area contributed by atoms with Gasteiger partial charge in [-0.1, -0.05) is 34.1 Å². The second-order valence-electron chi connectivity index (χ2n) is 5.14. The summed E-state index contributed by atoms with van der Waals surface area (Å²) in [5, 5.41) is 3.19. The van der Waals surface area contributed by atoms with Crippen LogP contribution in [0.5, 0.6) is 0 Å². The molecule has 4 heteroatoms. The molecule has 2 rings (SSSR count). The summed E-state index contributed by atoms with van der Waals surface area (Å²) in [6.07, 6.45) is 2.55. The summed E-state index contributed by atoms with van der Waals surface area (Å²) in [7, 11) is 1.97. The number of hydrogen-bond donors (Lipinski definition) is 1. The van der Waals surface area contributed by atoms with Gasteiger partial charge in [0.1, 0.15) is 0 Å². The molecule has 19 heavy (non-hydrogen) atoms. The summed E-state index contributed by atoms with van der Waals surface area (Å²) >= 11 is 3.53. The van der Waals surface area contributed by atoms with Crippen molar-refractivity contribution in [3.05, 3.63) is 34.3 Å². The summed E-state index contributed by atoms with van der Waals surface area (Å²) < 4.78 is 1.09. The van der Waals surface area contributed by atoms with Gasteiger partial charge in [0.2, 0.25) is 5.91 Å². The van der Waals surface area contributed by atoms with Crippen molar-refractivity contribution in [3.8, 4) is 0 Å². The van der Waals surface area contributed by atoms with Crippen LogP contribution in [0.25, 0.3) is 0 Å². The highest BCUT2D eigenvalue weighted by Crippen LogP contribution is 2.20. The van der Waals surface area contributed by atoms with Crippen molar-refractivity contribution in [2.45, 2.75) is 19.3 Å². The van der Waals surface area contributed by atoms with E-state index < -0.39 is 0 Å². The Balaban J connectivity index is 1.81. The lowest BCUT2D eigenvalue weighted by Crippen LogP contribution is -2.30. The molecular formula is C15H21BrN2O. The number of likely N-dealkylation sites (tertiary alicyclic amines) is 1. The molecule has 1 aromatic rings. The lowest BCUT2D eigenvalue weighted by molar-refractivity contribution is -0.130. The van der Waals surface area contributed by atoms with Gasteiger partial charge in [-0.15, -0.1) is 0 Å². The summed E-state index contributed by atoms with van der Waals surface area (Å²) in [5.74, 6) is 0.909. The number of nitrogens with zero attached hydrogens (tertiary/aromatic N) is 1. The molecule has 1 amide bonds. The molecule has 0 spiro atoms. The zero-order chi connectivity index (χ0) is 13.7. The molecule has 1 atom stereocenters. The molecule has 104 valence electrons. The first-order valence-corrected chi connectivity index (χ1v) is 7.65. The van der Waals surface area contributed by atoms with E-state index >= 15 is 0 Å². The van der Waals surface area contributed by atoms with Gasteiger partial charge in [-0.05, 0) is 44.0 Å². The maximum absolute atomic E-state index is 12.2. The number of amides is 1. The summed E-state index contributed by atoms with van der Waals surface area (Å²) in [6, 6.07) is 8.12. The van der Waals surface area contributed by atoms with Gasteiger partial charge in [0.25, 0.3) is 0 Å². The third-order valence-electron chi connectivity index (χ3n) is 3.70. The van der Waals surface area contributed by atoms with Crippen LogP contribution in [-0.4, -0.2) is 37.5 Å². The van der Waals surface area contributed by atoms with E-state index in [0.29, 0.717) is 12.3 Å². The Morgan fingerprint density at radius 3 is 3.00 bits per heavy atom. The van der Waals surface area contributed by atoms with Crippen LogP contribution in [0, 0.1) is 5.92 Å². The van der Waals surface area contributed by atoms with E-state index in [2.05, 4.69) is 27.3 Å². The highest BCUT2D eigenvalue weighted by molar-refractivity contribution is 9.10. The van der Waals surface area contributed by atoms with Gasteiger partial charge >= 0.3 is 0 Å². The normalized spacial score (nSPS) is 18.8. The van der Waals surface area contributed by atoms with Gasteiger partial charge in [0.15, 0.2) is 0 Å². The van der Waals surface area contributed by atoms with E-state index in [0.717, 1.165) is 36.9 Å². The van der Waals surface area contributed by atoms with Gasteiger partial charge < -0.3 is 10.2 Å². The monoisotopic (exact) mass is 324 g/mol. The zero-order valence-corrected chi connectivity index (χ0v) is 12.9. The predicted molar refractivity (Wildman–Crippen MR) is 81.1 cm³/mol. The predicted octanol–water partition coefficient (Wildman–Crippen LogP) is 2.45. The second kappa shape index (κ2) is 7.06. The van der Waals surface area contributed by atoms with E-state index in [-0.39, 0.29) is 5.91 Å². The number of rotatable bonds is 5. The molecule has 0 bridgehead atoms. The Labute approximate surface area is 123 Å². The van der Waals surface area contributed by atoms with Crippen molar-refractivity contribution in [2.75, 3.05) is 26.7 Å². The molecule has 1 aromatic carbocycles. The fraction of sp³-hybridized carbons (Fsp3) is 0.533. The zero-order valence-electron chi connectivity index (χ0n) is 11.4. The fourth-order valence-electron chi connectivity index (χ4n) is 2.62. The molecule has 0 saturated carbocycles. The minimum Gasteiger partial charge on any atom is -0.342 e. The minimum absolute atomic E-state index is 0.286. The molecule has 1 N–H and O–H groups in total. The molecule has 1 heterocycles. The Morgan fingerprint density at radius 1 is 1.47 bits per heavy atom. The van der Waals surface area contributed by atoms with Gasteiger partial charge in [-0.2, -0.15) is 0 Å². The van der Waals surface area contributed by atoms with Gasteiger partial charge in [-0.3, -0.25) is 4.79 Å². The molecule has 1 fully saturated rings. The molecule has 0 unspecified atom stereocenters. The number of halogens is 1. The Hall–Kier alpha value is -0.870. The molecule has 1 aliphatic heterocycles. The molecule has 0 aromatic heterocycles. The number of carbonyl (C=O) groups is 1. The first-order chi connectivity index (χ1) is 9.20. The van der Waals surface area contributed by atoms with Crippen LogP contribution < -0.4 is 5.32 Å². The standard InChI is InChI=1S/C15H21BrN2O/c1-17-10-12-8-9-18(11-12)15(19)7-6-13-4-2-3-5-14(13)16/h2-5,12,17H,6-11H2,1H3/t12-/m1/s1. The van der Waals surface area contributed by atoms with Crippen LogP contribution in [0.4, 0.5) is 0 Å². The number of hydrogen-bond acceptors (Lipinski definition) is 2. The van der Waals surface area contributed by atoms with Crippen LogP contribution in [0.2, 0.25) is 0 Å². The van der Waals surface area contributed by atoms with Crippen molar-refractivity contribution in [3.63, 3.8) is 0 Å². The summed E-state index contributed by atoms with van der Waals surface area (Å²) in [4.78, 5) is 14.2. The topological polar surface area (TPSA) is 32.3 Å². The van der Waals surface area contributed by atoms with Crippen molar-refractivity contribution in [1.29, 1.82) is 0 Å². The molecule has 1 aliphatic rings. The van der Waals surface area contributed by atoms with Crippen LogP contribution in [0.3, 0.4) is 0 Å². The Morgan fingerprint density at radius 2 is 2.26 bits per heavy atom. The average molecular weight is 325 g/mol. The van der Waals surface area contributed by atoms with Gasteiger partial charge in [-0.25, -0.2) is 0 Å². The highest BCUT2D eigenvalue weighted by atomic mass is 79.9. The molecule has 1 saturated heterocycles. The Kier molecular flexibility index (Phi) is 5.40. The van der Waals surface area contributed by atoms with Gasteiger partial charge in [0, 0.05) is 24.0 Å². The SMILES string of the molecule is CNC[C@H]1CCN(C(=O)CCc2ccccc2Br)C1. The number of carbonyl (C=O) groups excluding carboxylic acids is 1. The molecule has 0 radical (unpaired) electrons. The molecular weight excluding hydrogens is 304 g/mol. The van der Waals surface area contributed by atoms with E-state index in [4.69, 9.17) is 0 Å². The third-order valence-corrected chi connectivity index (χ3v) is 4.47. The van der Waals surface area contributed by atoms with Crippen LogP contribution in [0.15, 0.2) is 28.7 Å². The smallest absolute Gasteiger partial charge is 0.222 e. The average Bonchev–Trinajstić information content (AvgIpc) is 2.87. The highest BCUT2D eigenvalue weighted by Gasteiger charge is 2.25. The Bertz CT molecular complexity index is 436. The molecule has 0 aliphatic carbocycles. The van der Waals surface area contributed by atoms with Crippen LogP contribution >= 0.6 is 15.9 Å². The minimum atomic E-state index is 0.286. The summed E-state index contributed by atoms with van der Waals surface area (Å²) in [6.45, 7) is 2.84. The first-order valence-electron chi connectivity index (χ1n) is 6.86. The number of benzene rings is 1. The largest absolute Gasteiger partial charge is 0.342 e. The maximum atomic E-state index is 12.2. The lowest BCUT2D eigenvalue weighted by Gasteiger charge is -2.16. The van der Waals surface area contributed by atoms with E-state index in [1.807, 2.05) is 30.1 Å². The summed E-state index contributed by atoms with van der Waals surface area (Å²) in [5.41, 5.74) is 1.21. The van der Waals surface area contributed by atoms with Crippen molar-refractivity contribution < 1.29 is 4.79 Å². The van der Waals surface area contributed by atoms with Crippen LogP contribution in [-0.2, 0) is 11.2 Å². The van der Waals surface area contributed by atoms with Crippen molar-refractivity contribution >= 4 is 21.8 Å². The van der Waals surface area contributed by atoms with Crippen molar-refractivity contribution in [2.24, 2.45) is 5.92 Å². The van der Waals surface area contributed by atoms with E-state index in [9.17, 15) is 4.79 Å². The second-order valence-corrected chi connectivity index (χ2v) is 6.00. The van der Waals surface area contributed by atoms with E-state index in [1.54, 1.807) is 0 Å². The first kappa shape index (κ1) is 14.5. The fourth-order valence-corrected chi connectivity index (χ4v) is 3.10. The van der Waals surface area contributed by atoms with E-state index in [1.165, 1.54) is 5.56 Å². The maximum Gasteiger partial charge on any atom is 0.222 e. The number of nitrogens with one attached hydrogen (secondary N) is 1. The lowest BCUT2D eigenvalue weighted by atomic mass is 10.1. The molecule has 3 nitrogen and oxygen atoms in total. The van der Waals surface area contributed by atoms with Gasteiger partial charge in [0.05, 0.1) is 0 Å². The number of aryl methyl sites for hydroxylation is 1. The van der Waals surface area contributed by atoms with Crippen molar-refractivity contribution in [1.82, 2.24) is 10.2 Å². The quantitative estimate of drug-likeness (QED) is 0.902. The van der Waals surface area contributed by atoms with Crippen LogP contribution in [0.1, 0.15) is 18.4 Å².